The molecule has 1 aliphatic rings. The molecule has 8 heteroatoms. The molecule has 0 saturated carbocycles. The SMILES string of the molecule is Cc1noc(-c2ccccc2C(=O)N2CCCC[C@H]2CNc2ncccc2C#N)n1. The van der Waals surface area contributed by atoms with E-state index in [1.165, 1.54) is 0 Å². The average molecular weight is 402 g/mol. The van der Waals surface area contributed by atoms with Crippen molar-refractivity contribution in [2.45, 2.75) is 32.2 Å². The zero-order chi connectivity index (χ0) is 20.9. The fourth-order valence-electron chi connectivity index (χ4n) is 3.75. The number of nitrogens with one attached hydrogen (secondary N) is 1. The van der Waals surface area contributed by atoms with Crippen LogP contribution in [0, 0.1) is 18.3 Å². The Balaban J connectivity index is 1.56. The van der Waals surface area contributed by atoms with E-state index in [-0.39, 0.29) is 11.9 Å². The third kappa shape index (κ3) is 4.01. The zero-order valence-electron chi connectivity index (χ0n) is 16.7. The number of aryl methyl sites for hydroxylation is 1. The third-order valence-electron chi connectivity index (χ3n) is 5.24. The van der Waals surface area contributed by atoms with E-state index in [1.54, 1.807) is 31.3 Å². The molecule has 0 radical (unpaired) electrons. The van der Waals surface area contributed by atoms with E-state index in [4.69, 9.17) is 4.52 Å². The van der Waals surface area contributed by atoms with Crippen molar-refractivity contribution in [2.24, 2.45) is 0 Å². The van der Waals surface area contributed by atoms with Crippen LogP contribution in [0.15, 0.2) is 47.1 Å². The van der Waals surface area contributed by atoms with Gasteiger partial charge in [0.1, 0.15) is 11.9 Å². The highest BCUT2D eigenvalue weighted by Gasteiger charge is 2.29. The van der Waals surface area contributed by atoms with Crippen LogP contribution < -0.4 is 5.32 Å². The van der Waals surface area contributed by atoms with Gasteiger partial charge in [0.05, 0.1) is 16.7 Å². The molecule has 8 nitrogen and oxygen atoms in total. The molecule has 1 aromatic carbocycles. The topological polar surface area (TPSA) is 108 Å². The van der Waals surface area contributed by atoms with E-state index in [2.05, 4.69) is 26.5 Å². The lowest BCUT2D eigenvalue weighted by molar-refractivity contribution is 0.0629. The van der Waals surface area contributed by atoms with Crippen molar-refractivity contribution in [1.29, 1.82) is 5.26 Å². The minimum absolute atomic E-state index is 0.00252. The fraction of sp³-hybridized carbons (Fsp3) is 0.318. The van der Waals surface area contributed by atoms with Crippen LogP contribution in [0.25, 0.3) is 11.5 Å². The number of amides is 1. The number of anilines is 1. The van der Waals surface area contributed by atoms with Crippen LogP contribution in [-0.4, -0.2) is 45.1 Å². The lowest BCUT2D eigenvalue weighted by atomic mass is 9.99. The molecule has 1 saturated heterocycles. The second-order valence-corrected chi connectivity index (χ2v) is 7.23. The van der Waals surface area contributed by atoms with Gasteiger partial charge in [0, 0.05) is 25.3 Å². The Labute approximate surface area is 174 Å². The molecular formula is C22H22N6O2. The maximum Gasteiger partial charge on any atom is 0.258 e. The monoisotopic (exact) mass is 402 g/mol. The summed E-state index contributed by atoms with van der Waals surface area (Å²) in [4.78, 5) is 23.9. The van der Waals surface area contributed by atoms with Gasteiger partial charge < -0.3 is 14.7 Å². The van der Waals surface area contributed by atoms with Crippen LogP contribution in [-0.2, 0) is 0 Å². The molecule has 2 aromatic heterocycles. The lowest BCUT2D eigenvalue weighted by Crippen LogP contribution is -2.47. The maximum atomic E-state index is 13.5. The van der Waals surface area contributed by atoms with Gasteiger partial charge in [-0.1, -0.05) is 17.3 Å². The first-order valence-corrected chi connectivity index (χ1v) is 9.97. The number of likely N-dealkylation sites (tertiary alicyclic amines) is 1. The minimum Gasteiger partial charge on any atom is -0.367 e. The minimum atomic E-state index is -0.0607. The summed E-state index contributed by atoms with van der Waals surface area (Å²) in [5.41, 5.74) is 1.67. The molecule has 1 amide bonds. The predicted molar refractivity (Wildman–Crippen MR) is 111 cm³/mol. The molecule has 3 heterocycles. The zero-order valence-corrected chi connectivity index (χ0v) is 16.7. The van der Waals surface area contributed by atoms with Crippen LogP contribution in [0.4, 0.5) is 5.82 Å². The number of nitrogens with zero attached hydrogens (tertiary/aromatic N) is 5. The normalized spacial score (nSPS) is 16.1. The summed E-state index contributed by atoms with van der Waals surface area (Å²) >= 11 is 0. The molecule has 1 atom stereocenters. The van der Waals surface area contributed by atoms with Crippen LogP contribution in [0.1, 0.15) is 41.0 Å². The van der Waals surface area contributed by atoms with Gasteiger partial charge in [0.15, 0.2) is 5.82 Å². The molecule has 1 aliphatic heterocycles. The molecule has 30 heavy (non-hydrogen) atoms. The molecule has 1 N–H and O–H groups in total. The number of piperidine rings is 1. The average Bonchev–Trinajstić information content (AvgIpc) is 3.23. The number of benzene rings is 1. The Morgan fingerprint density at radius 1 is 1.30 bits per heavy atom. The van der Waals surface area contributed by atoms with Crippen molar-refractivity contribution in [1.82, 2.24) is 20.0 Å². The Kier molecular flexibility index (Phi) is 5.70. The van der Waals surface area contributed by atoms with E-state index >= 15 is 0 Å². The predicted octanol–water partition coefficient (Wildman–Crippen LogP) is 3.42. The smallest absolute Gasteiger partial charge is 0.258 e. The first-order valence-electron chi connectivity index (χ1n) is 9.97. The summed E-state index contributed by atoms with van der Waals surface area (Å²) in [5.74, 6) is 1.35. The van der Waals surface area contributed by atoms with Crippen molar-refractivity contribution >= 4 is 11.7 Å². The van der Waals surface area contributed by atoms with Gasteiger partial charge in [0.25, 0.3) is 11.8 Å². The van der Waals surface area contributed by atoms with Gasteiger partial charge in [-0.15, -0.1) is 0 Å². The largest absolute Gasteiger partial charge is 0.367 e. The van der Waals surface area contributed by atoms with Crippen molar-refractivity contribution < 1.29 is 9.32 Å². The summed E-state index contributed by atoms with van der Waals surface area (Å²) in [6, 6.07) is 12.9. The van der Waals surface area contributed by atoms with Crippen molar-refractivity contribution in [3.05, 3.63) is 59.5 Å². The number of hydrogen-bond donors (Lipinski definition) is 1. The van der Waals surface area contributed by atoms with E-state index in [1.807, 2.05) is 23.1 Å². The summed E-state index contributed by atoms with van der Waals surface area (Å²) < 4.78 is 5.30. The number of hydrogen-bond acceptors (Lipinski definition) is 7. The molecule has 4 rings (SSSR count). The van der Waals surface area contributed by atoms with Crippen molar-refractivity contribution in [3.63, 3.8) is 0 Å². The Hall–Kier alpha value is -3.73. The molecular weight excluding hydrogens is 380 g/mol. The highest BCUT2D eigenvalue weighted by atomic mass is 16.5. The molecule has 0 bridgehead atoms. The highest BCUT2D eigenvalue weighted by molar-refractivity contribution is 6.00. The molecule has 1 fully saturated rings. The van der Waals surface area contributed by atoms with E-state index in [0.29, 0.717) is 47.3 Å². The number of aromatic nitrogens is 3. The second-order valence-electron chi connectivity index (χ2n) is 7.23. The Bertz CT molecular complexity index is 1090. The standard InChI is InChI=1S/C22H22N6O2/c1-15-26-21(30-27-15)18-9-2-3-10-19(18)22(29)28-12-5-4-8-17(28)14-25-20-16(13-23)7-6-11-24-20/h2-3,6-7,9-11,17H,4-5,8,12,14H2,1H3,(H,24,25)/t17-/m0/s1. The first-order chi connectivity index (χ1) is 14.7. The van der Waals surface area contributed by atoms with E-state index in [0.717, 1.165) is 19.3 Å². The van der Waals surface area contributed by atoms with E-state index < -0.39 is 0 Å². The highest BCUT2D eigenvalue weighted by Crippen LogP contribution is 2.26. The Morgan fingerprint density at radius 3 is 2.97 bits per heavy atom. The number of carbonyl (C=O) groups is 1. The molecule has 0 unspecified atom stereocenters. The van der Waals surface area contributed by atoms with E-state index in [9.17, 15) is 10.1 Å². The number of pyridine rings is 1. The van der Waals surface area contributed by atoms with Crippen LogP contribution in [0.3, 0.4) is 0 Å². The molecule has 152 valence electrons. The van der Waals surface area contributed by atoms with Gasteiger partial charge in [-0.2, -0.15) is 10.2 Å². The molecule has 0 spiro atoms. The van der Waals surface area contributed by atoms with Gasteiger partial charge in [0.2, 0.25) is 0 Å². The van der Waals surface area contributed by atoms with Crippen LogP contribution in [0.5, 0.6) is 0 Å². The Morgan fingerprint density at radius 2 is 2.17 bits per heavy atom. The quantitative estimate of drug-likeness (QED) is 0.696. The lowest BCUT2D eigenvalue weighted by Gasteiger charge is -2.36. The maximum absolute atomic E-state index is 13.5. The van der Waals surface area contributed by atoms with Crippen LogP contribution in [0.2, 0.25) is 0 Å². The third-order valence-corrected chi connectivity index (χ3v) is 5.24. The summed E-state index contributed by atoms with van der Waals surface area (Å²) in [6.45, 7) is 2.95. The van der Waals surface area contributed by atoms with Crippen LogP contribution >= 0.6 is 0 Å². The van der Waals surface area contributed by atoms with Gasteiger partial charge in [-0.25, -0.2) is 4.98 Å². The second kappa shape index (κ2) is 8.74. The number of nitriles is 1. The first kappa shape index (κ1) is 19.6. The fourth-order valence-corrected chi connectivity index (χ4v) is 3.75. The summed E-state index contributed by atoms with van der Waals surface area (Å²) in [7, 11) is 0. The summed E-state index contributed by atoms with van der Waals surface area (Å²) in [5, 5.41) is 16.4. The van der Waals surface area contributed by atoms with Crippen molar-refractivity contribution in [3.8, 4) is 17.5 Å². The van der Waals surface area contributed by atoms with Gasteiger partial charge in [-0.05, 0) is 50.5 Å². The van der Waals surface area contributed by atoms with Crippen molar-refractivity contribution in [2.75, 3.05) is 18.4 Å². The summed E-state index contributed by atoms with van der Waals surface area (Å²) in [6.07, 6.45) is 4.54. The molecule has 0 aliphatic carbocycles. The number of rotatable bonds is 5. The van der Waals surface area contributed by atoms with Gasteiger partial charge >= 0.3 is 0 Å². The molecule has 3 aromatic rings. The van der Waals surface area contributed by atoms with Gasteiger partial charge in [-0.3, -0.25) is 4.79 Å². The number of carbonyl (C=O) groups excluding carboxylic acids is 1.